The lowest BCUT2D eigenvalue weighted by atomic mass is 9.81. The molecular weight excluding hydrogens is 582 g/mol. The van der Waals surface area contributed by atoms with Crippen molar-refractivity contribution in [3.05, 3.63) is 0 Å². The van der Waals surface area contributed by atoms with Crippen molar-refractivity contribution in [2.75, 3.05) is 14.1 Å². The minimum atomic E-state index is -0.377. The van der Waals surface area contributed by atoms with Gasteiger partial charge in [0.15, 0.2) is 0 Å². The van der Waals surface area contributed by atoms with Gasteiger partial charge in [0.1, 0.15) is 12.2 Å². The molecule has 4 saturated heterocycles. The molecule has 0 aromatic carbocycles. The van der Waals surface area contributed by atoms with Gasteiger partial charge in [-0.25, -0.2) is 0 Å². The van der Waals surface area contributed by atoms with Crippen LogP contribution in [0.25, 0.3) is 0 Å². The van der Waals surface area contributed by atoms with E-state index in [0.29, 0.717) is 12.5 Å². The molecule has 0 aromatic heterocycles. The Morgan fingerprint density at radius 2 is 1.39 bits per heavy atom. The predicted octanol–water partition coefficient (Wildman–Crippen LogP) is 7.35. The second-order valence-corrected chi connectivity index (χ2v) is 15.4. The van der Waals surface area contributed by atoms with Crippen LogP contribution in [0.15, 0.2) is 0 Å². The average molecular weight is 650 g/mol. The quantitative estimate of drug-likeness (QED) is 0.215. The highest BCUT2D eigenvalue weighted by molar-refractivity contribution is 5.73. The maximum absolute atomic E-state index is 14.0. The second kappa shape index (κ2) is 17.4. The lowest BCUT2D eigenvalue weighted by molar-refractivity contribution is -0.178. The smallest absolute Gasteiger partial charge is 0.311 e. The Morgan fingerprint density at radius 3 is 2.02 bits per heavy atom. The number of fused-ring (bicyclic) bond motifs is 4. The highest BCUT2D eigenvalue weighted by atomic mass is 16.6. The minimum Gasteiger partial charge on any atom is -0.462 e. The molecule has 0 amide bonds. The third kappa shape index (κ3) is 8.87. The van der Waals surface area contributed by atoms with Crippen molar-refractivity contribution in [2.24, 2.45) is 29.6 Å². The first-order valence-corrected chi connectivity index (χ1v) is 19.1. The van der Waals surface area contributed by atoms with Gasteiger partial charge in [-0.2, -0.15) is 0 Å². The van der Waals surface area contributed by atoms with Crippen LogP contribution in [0, 0.1) is 29.6 Å². The lowest BCUT2D eigenvalue weighted by Gasteiger charge is -2.38. The molecule has 4 fully saturated rings. The van der Waals surface area contributed by atoms with Gasteiger partial charge in [0.25, 0.3) is 0 Å². The van der Waals surface area contributed by atoms with Crippen molar-refractivity contribution < 1.29 is 33.3 Å². The van der Waals surface area contributed by atoms with E-state index in [0.717, 1.165) is 70.6 Å². The zero-order valence-electron chi connectivity index (χ0n) is 30.6. The molecule has 0 spiro atoms. The van der Waals surface area contributed by atoms with Gasteiger partial charge >= 0.3 is 11.9 Å². The Kier molecular flexibility index (Phi) is 14.3. The standard InChI is InChI=1S/C38H67NO7/c1-10-14-26(39(8)9)22-27-16-17-34(42-27)28(12-3)36-24(6)32-20-21-35(44-32)29(13-4)38(41)45-30(15-11-2)23(5)31-18-19-33(43-31)25(7)37(40)46-36/h23-36H,10-22H2,1-9H3/t23-,24+,25-,26+,27-,28+,29+,30-,31-,32-,33+,34+,35+,36+/m0/s1. The number of ether oxygens (including phenoxy) is 5. The van der Waals surface area contributed by atoms with E-state index in [1.54, 1.807) is 0 Å². The Balaban J connectivity index is 1.58. The summed E-state index contributed by atoms with van der Waals surface area (Å²) in [6.07, 6.45) is 11.1. The molecule has 8 nitrogen and oxygen atoms in total. The Hall–Kier alpha value is -1.22. The molecule has 14 atom stereocenters. The van der Waals surface area contributed by atoms with Crippen LogP contribution < -0.4 is 0 Å². The van der Waals surface area contributed by atoms with Gasteiger partial charge in [0, 0.05) is 23.8 Å². The van der Waals surface area contributed by atoms with E-state index in [1.165, 1.54) is 6.42 Å². The fourth-order valence-electron chi connectivity index (χ4n) is 8.93. The van der Waals surface area contributed by atoms with E-state index in [4.69, 9.17) is 23.7 Å². The molecular formula is C38H67NO7. The topological polar surface area (TPSA) is 83.5 Å². The highest BCUT2D eigenvalue weighted by Crippen LogP contribution is 2.41. The summed E-state index contributed by atoms with van der Waals surface area (Å²) in [5, 5.41) is 0. The maximum Gasteiger partial charge on any atom is 0.311 e. The van der Waals surface area contributed by atoms with Crippen molar-refractivity contribution in [1.29, 1.82) is 0 Å². The first kappa shape index (κ1) is 37.6. The number of rotatable bonds is 11. The van der Waals surface area contributed by atoms with E-state index in [-0.39, 0.29) is 90.4 Å². The summed E-state index contributed by atoms with van der Waals surface area (Å²) < 4.78 is 33.0. The monoisotopic (exact) mass is 649 g/mol. The lowest BCUT2D eigenvalue weighted by Crippen LogP contribution is -2.45. The molecule has 46 heavy (non-hydrogen) atoms. The SMILES string of the molecule is CCC[C@H](C[C@@H]1CC[C@H]([C@@H](CC)[C@@H]2OC(=O)[C@@H](C)[C@H]3CC[C@H](O3)[C@@H](C)[C@H](CCC)OC(=O)[C@H](CC)[C@H]3CC[C@H](O3)[C@H]2C)O1)N(C)C. The molecule has 4 heterocycles. The van der Waals surface area contributed by atoms with Crippen LogP contribution in [-0.2, 0) is 33.3 Å². The van der Waals surface area contributed by atoms with Gasteiger partial charge in [-0.1, -0.05) is 54.4 Å². The van der Waals surface area contributed by atoms with Crippen molar-refractivity contribution >= 4 is 11.9 Å². The Morgan fingerprint density at radius 1 is 0.739 bits per heavy atom. The van der Waals surface area contributed by atoms with Gasteiger partial charge in [-0.15, -0.1) is 0 Å². The molecule has 0 aromatic rings. The molecule has 0 unspecified atom stereocenters. The molecule has 4 bridgehead atoms. The van der Waals surface area contributed by atoms with E-state index in [9.17, 15) is 9.59 Å². The summed E-state index contributed by atoms with van der Waals surface area (Å²) in [5.41, 5.74) is 0. The summed E-state index contributed by atoms with van der Waals surface area (Å²) in [4.78, 5) is 30.0. The number of hydrogen-bond donors (Lipinski definition) is 0. The van der Waals surface area contributed by atoms with Crippen molar-refractivity contribution in [2.45, 2.75) is 187 Å². The Bertz CT molecular complexity index is 959. The van der Waals surface area contributed by atoms with Crippen LogP contribution in [0.3, 0.4) is 0 Å². The van der Waals surface area contributed by atoms with Crippen LogP contribution in [0.2, 0.25) is 0 Å². The highest BCUT2D eigenvalue weighted by Gasteiger charge is 2.47. The van der Waals surface area contributed by atoms with E-state index in [2.05, 4.69) is 60.5 Å². The number of esters is 2. The van der Waals surface area contributed by atoms with Gasteiger partial charge in [0.05, 0.1) is 48.5 Å². The zero-order chi connectivity index (χ0) is 33.5. The van der Waals surface area contributed by atoms with E-state index < -0.39 is 0 Å². The summed E-state index contributed by atoms with van der Waals surface area (Å²) >= 11 is 0. The van der Waals surface area contributed by atoms with Crippen LogP contribution >= 0.6 is 0 Å². The van der Waals surface area contributed by atoms with Gasteiger partial charge < -0.3 is 28.6 Å². The fraction of sp³-hybridized carbons (Fsp3) is 0.947. The normalized spacial score (nSPS) is 40.6. The zero-order valence-corrected chi connectivity index (χ0v) is 30.6. The summed E-state index contributed by atoms with van der Waals surface area (Å²) in [6, 6.07) is 0.506. The first-order valence-electron chi connectivity index (χ1n) is 19.1. The van der Waals surface area contributed by atoms with Crippen LogP contribution in [0.5, 0.6) is 0 Å². The van der Waals surface area contributed by atoms with E-state index in [1.807, 2.05) is 6.92 Å². The molecule has 0 saturated carbocycles. The predicted molar refractivity (Wildman–Crippen MR) is 180 cm³/mol. The molecule has 4 rings (SSSR count). The molecule has 0 aliphatic carbocycles. The molecule has 4 aliphatic heterocycles. The summed E-state index contributed by atoms with van der Waals surface area (Å²) in [7, 11) is 4.33. The third-order valence-electron chi connectivity index (χ3n) is 12.1. The number of cyclic esters (lactones) is 2. The Labute approximate surface area is 280 Å². The van der Waals surface area contributed by atoms with E-state index >= 15 is 0 Å². The minimum absolute atomic E-state index is 0.0325. The molecule has 0 N–H and O–H groups in total. The second-order valence-electron chi connectivity index (χ2n) is 15.4. The maximum atomic E-state index is 14.0. The average Bonchev–Trinajstić information content (AvgIpc) is 3.81. The molecule has 4 aliphatic rings. The first-order chi connectivity index (χ1) is 22.0. The van der Waals surface area contributed by atoms with Gasteiger partial charge in [-0.05, 0) is 91.6 Å². The third-order valence-corrected chi connectivity index (χ3v) is 12.1. The fourth-order valence-corrected chi connectivity index (χ4v) is 8.93. The summed E-state index contributed by atoms with van der Waals surface area (Å²) in [5.74, 6) is -0.908. The number of hydrogen-bond acceptors (Lipinski definition) is 8. The summed E-state index contributed by atoms with van der Waals surface area (Å²) in [6.45, 7) is 14.9. The van der Waals surface area contributed by atoms with Gasteiger partial charge in [-0.3, -0.25) is 9.59 Å². The molecule has 8 heteroatoms. The van der Waals surface area contributed by atoms with Crippen LogP contribution in [-0.4, -0.2) is 85.8 Å². The largest absolute Gasteiger partial charge is 0.462 e. The van der Waals surface area contributed by atoms with Crippen molar-refractivity contribution in [3.8, 4) is 0 Å². The number of nitrogens with zero attached hydrogens (tertiary/aromatic N) is 1. The molecule has 0 radical (unpaired) electrons. The van der Waals surface area contributed by atoms with Crippen molar-refractivity contribution in [1.82, 2.24) is 4.90 Å². The van der Waals surface area contributed by atoms with Crippen LogP contribution in [0.1, 0.15) is 132 Å². The number of carbonyl (C=O) groups excluding carboxylic acids is 2. The van der Waals surface area contributed by atoms with Crippen LogP contribution in [0.4, 0.5) is 0 Å². The number of carbonyl (C=O) groups is 2. The van der Waals surface area contributed by atoms with Gasteiger partial charge in [0.2, 0.25) is 0 Å². The molecule has 266 valence electrons. The van der Waals surface area contributed by atoms with Crippen molar-refractivity contribution in [3.63, 3.8) is 0 Å².